The van der Waals surface area contributed by atoms with Crippen molar-refractivity contribution < 1.29 is 18.4 Å². The number of carbonyl (C=O) groups is 2. The number of fused-ring (bicyclic) bond motifs is 1. The molecule has 1 aromatic heterocycles. The lowest BCUT2D eigenvalue weighted by atomic mass is 10.2. The molecule has 4 nitrogen and oxygen atoms in total. The molecule has 116 valence electrons. The number of benzene rings is 2. The van der Waals surface area contributed by atoms with Gasteiger partial charge in [-0.15, -0.1) is 11.3 Å². The minimum Gasteiger partial charge on any atom is -0.329 e. The maximum Gasteiger partial charge on any atom is 0.265 e. The number of nitrogens with one attached hydrogen (secondary N) is 2. The van der Waals surface area contributed by atoms with Gasteiger partial charge in [-0.3, -0.25) is 9.59 Å². The predicted molar refractivity (Wildman–Crippen MR) is 85.8 cm³/mol. The van der Waals surface area contributed by atoms with Crippen molar-refractivity contribution in [3.05, 3.63) is 59.0 Å². The van der Waals surface area contributed by atoms with Crippen LogP contribution in [-0.4, -0.2) is 12.3 Å². The molecule has 0 spiro atoms. The standard InChI is InChI=1S/C16H10F2N2O2S/c17-10-1-4-14-9(5-10)6-15(23-14)16(22)20-13-7-11(19-8-21)2-3-12(13)18/h1-8H,(H,19,21)(H,20,22). The predicted octanol–water partition coefficient (Wildman–Crippen LogP) is 4.00. The zero-order valence-corrected chi connectivity index (χ0v) is 12.4. The molecule has 0 aliphatic rings. The van der Waals surface area contributed by atoms with Crippen LogP contribution in [0.4, 0.5) is 20.2 Å². The van der Waals surface area contributed by atoms with Gasteiger partial charge in [0.05, 0.1) is 10.6 Å². The van der Waals surface area contributed by atoms with Crippen LogP contribution in [0.25, 0.3) is 10.1 Å². The van der Waals surface area contributed by atoms with Gasteiger partial charge >= 0.3 is 0 Å². The molecule has 23 heavy (non-hydrogen) atoms. The lowest BCUT2D eigenvalue weighted by molar-refractivity contribution is -0.105. The minimum absolute atomic E-state index is 0.0505. The van der Waals surface area contributed by atoms with Crippen LogP contribution in [0.1, 0.15) is 9.67 Å². The first kappa shape index (κ1) is 15.1. The maximum absolute atomic E-state index is 13.8. The van der Waals surface area contributed by atoms with E-state index in [0.29, 0.717) is 22.4 Å². The molecule has 2 aromatic carbocycles. The van der Waals surface area contributed by atoms with Gasteiger partial charge in [-0.1, -0.05) is 0 Å². The second kappa shape index (κ2) is 6.13. The van der Waals surface area contributed by atoms with E-state index in [9.17, 15) is 18.4 Å². The second-order valence-corrected chi connectivity index (χ2v) is 5.79. The van der Waals surface area contributed by atoms with Crippen LogP contribution in [0.5, 0.6) is 0 Å². The highest BCUT2D eigenvalue weighted by Gasteiger charge is 2.13. The van der Waals surface area contributed by atoms with Gasteiger partial charge in [-0.05, 0) is 47.9 Å². The summed E-state index contributed by atoms with van der Waals surface area (Å²) in [5.74, 6) is -1.52. The van der Waals surface area contributed by atoms with E-state index in [-0.39, 0.29) is 11.5 Å². The molecule has 3 aromatic rings. The number of rotatable bonds is 4. The Hall–Kier alpha value is -2.80. The first-order valence-corrected chi connectivity index (χ1v) is 7.38. The highest BCUT2D eigenvalue weighted by molar-refractivity contribution is 7.20. The lowest BCUT2D eigenvalue weighted by Gasteiger charge is -2.07. The lowest BCUT2D eigenvalue weighted by Crippen LogP contribution is -2.11. The van der Waals surface area contributed by atoms with E-state index in [0.717, 1.165) is 10.8 Å². The van der Waals surface area contributed by atoms with Gasteiger partial charge in [0.1, 0.15) is 11.6 Å². The molecule has 2 N–H and O–H groups in total. The van der Waals surface area contributed by atoms with Crippen molar-refractivity contribution in [3.63, 3.8) is 0 Å². The van der Waals surface area contributed by atoms with Crippen LogP contribution in [0, 0.1) is 11.6 Å². The van der Waals surface area contributed by atoms with Crippen molar-refractivity contribution in [1.29, 1.82) is 0 Å². The SMILES string of the molecule is O=CNc1ccc(F)c(NC(=O)c2cc3cc(F)ccc3s2)c1. The van der Waals surface area contributed by atoms with Crippen molar-refractivity contribution in [2.24, 2.45) is 0 Å². The van der Waals surface area contributed by atoms with Gasteiger partial charge in [-0.25, -0.2) is 8.78 Å². The fourth-order valence-electron chi connectivity index (χ4n) is 2.09. The van der Waals surface area contributed by atoms with Gasteiger partial charge in [0.15, 0.2) is 0 Å². The summed E-state index contributed by atoms with van der Waals surface area (Å²) in [5.41, 5.74) is 0.306. The molecule has 2 amide bonds. The number of thiophene rings is 1. The largest absolute Gasteiger partial charge is 0.329 e. The minimum atomic E-state index is -0.623. The van der Waals surface area contributed by atoms with Gasteiger partial charge in [0, 0.05) is 10.4 Å². The monoisotopic (exact) mass is 332 g/mol. The molecular weight excluding hydrogens is 322 g/mol. The van der Waals surface area contributed by atoms with Crippen LogP contribution >= 0.6 is 11.3 Å². The molecule has 0 saturated heterocycles. The topological polar surface area (TPSA) is 58.2 Å². The van der Waals surface area contributed by atoms with Crippen LogP contribution < -0.4 is 10.6 Å². The molecule has 0 unspecified atom stereocenters. The zero-order chi connectivity index (χ0) is 16.4. The van der Waals surface area contributed by atoms with Gasteiger partial charge in [0.25, 0.3) is 5.91 Å². The van der Waals surface area contributed by atoms with E-state index >= 15 is 0 Å². The van der Waals surface area contributed by atoms with Crippen LogP contribution in [0.2, 0.25) is 0 Å². The number of hydrogen-bond acceptors (Lipinski definition) is 3. The van der Waals surface area contributed by atoms with E-state index in [4.69, 9.17) is 0 Å². The van der Waals surface area contributed by atoms with Gasteiger partial charge in [-0.2, -0.15) is 0 Å². The molecule has 0 radical (unpaired) electrons. The Morgan fingerprint density at radius 1 is 1.09 bits per heavy atom. The summed E-state index contributed by atoms with van der Waals surface area (Å²) in [4.78, 5) is 23.0. The van der Waals surface area contributed by atoms with Crippen molar-refractivity contribution in [2.75, 3.05) is 10.6 Å². The smallest absolute Gasteiger partial charge is 0.265 e. The summed E-state index contributed by atoms with van der Waals surface area (Å²) in [5, 5.41) is 5.43. The van der Waals surface area contributed by atoms with Crippen molar-refractivity contribution in [1.82, 2.24) is 0 Å². The first-order chi connectivity index (χ1) is 11.1. The molecule has 0 saturated carbocycles. The van der Waals surface area contributed by atoms with Gasteiger partial charge < -0.3 is 10.6 Å². The molecule has 0 aliphatic carbocycles. The van der Waals surface area contributed by atoms with E-state index < -0.39 is 11.7 Å². The summed E-state index contributed by atoms with van der Waals surface area (Å²) >= 11 is 1.18. The van der Waals surface area contributed by atoms with E-state index in [1.54, 1.807) is 12.1 Å². The molecule has 0 fully saturated rings. The van der Waals surface area contributed by atoms with E-state index in [1.807, 2.05) is 0 Å². The Kier molecular flexibility index (Phi) is 4.03. The average molecular weight is 332 g/mol. The Morgan fingerprint density at radius 3 is 2.70 bits per heavy atom. The van der Waals surface area contributed by atoms with Crippen molar-refractivity contribution in [3.8, 4) is 0 Å². The summed E-state index contributed by atoms with van der Waals surface area (Å²) in [6.45, 7) is 0. The number of hydrogen-bond donors (Lipinski definition) is 2. The van der Waals surface area contributed by atoms with Gasteiger partial charge in [0.2, 0.25) is 6.41 Å². The Labute approximate surface area is 133 Å². The maximum atomic E-state index is 13.8. The third-order valence-corrected chi connectivity index (χ3v) is 4.26. The van der Waals surface area contributed by atoms with Crippen LogP contribution in [0.3, 0.4) is 0 Å². The second-order valence-electron chi connectivity index (χ2n) is 4.70. The number of halogens is 2. The Morgan fingerprint density at radius 2 is 1.91 bits per heavy atom. The highest BCUT2D eigenvalue weighted by atomic mass is 32.1. The summed E-state index contributed by atoms with van der Waals surface area (Å²) < 4.78 is 27.7. The Bertz CT molecular complexity index is 908. The third kappa shape index (κ3) is 3.19. The molecule has 0 atom stereocenters. The normalized spacial score (nSPS) is 10.5. The van der Waals surface area contributed by atoms with Crippen molar-refractivity contribution >= 4 is 45.1 Å². The zero-order valence-electron chi connectivity index (χ0n) is 11.6. The summed E-state index contributed by atoms with van der Waals surface area (Å²) in [6.07, 6.45) is 0.458. The van der Waals surface area contributed by atoms with Crippen LogP contribution in [-0.2, 0) is 4.79 Å². The summed E-state index contributed by atoms with van der Waals surface area (Å²) in [7, 11) is 0. The Balaban J connectivity index is 1.88. The molecule has 1 heterocycles. The number of amides is 2. The molecule has 7 heteroatoms. The highest BCUT2D eigenvalue weighted by Crippen LogP contribution is 2.27. The quantitative estimate of drug-likeness (QED) is 0.710. The molecule has 0 bridgehead atoms. The van der Waals surface area contributed by atoms with Crippen molar-refractivity contribution in [2.45, 2.75) is 0 Å². The summed E-state index contributed by atoms with van der Waals surface area (Å²) in [6, 6.07) is 9.61. The average Bonchev–Trinajstić information content (AvgIpc) is 2.94. The third-order valence-electron chi connectivity index (χ3n) is 3.14. The van der Waals surface area contributed by atoms with Crippen LogP contribution in [0.15, 0.2) is 42.5 Å². The fraction of sp³-hybridized carbons (Fsp3) is 0. The number of carbonyl (C=O) groups excluding carboxylic acids is 2. The molecular formula is C16H10F2N2O2S. The van der Waals surface area contributed by atoms with E-state index in [2.05, 4.69) is 10.6 Å². The van der Waals surface area contributed by atoms with E-state index in [1.165, 1.54) is 35.6 Å². The first-order valence-electron chi connectivity index (χ1n) is 6.57. The number of anilines is 2. The molecule has 0 aliphatic heterocycles. The molecule has 3 rings (SSSR count). The fourth-order valence-corrected chi connectivity index (χ4v) is 3.03.